The summed E-state index contributed by atoms with van der Waals surface area (Å²) in [5.41, 5.74) is 2.18. The summed E-state index contributed by atoms with van der Waals surface area (Å²) in [4.78, 5) is 16.9. The third-order valence-electron chi connectivity index (χ3n) is 4.74. The lowest BCUT2D eigenvalue weighted by Crippen LogP contribution is -2.18. The number of carbonyl (C=O) groups is 1. The predicted molar refractivity (Wildman–Crippen MR) is 86.5 cm³/mol. The molecule has 4 rings (SSSR count). The summed E-state index contributed by atoms with van der Waals surface area (Å²) in [6.07, 6.45) is 6.00. The van der Waals surface area contributed by atoms with E-state index < -0.39 is 0 Å². The fraction of sp³-hybridized carbons (Fsp3) is 0.529. The van der Waals surface area contributed by atoms with Gasteiger partial charge in [0.1, 0.15) is 0 Å². The molecule has 4 heteroatoms. The van der Waals surface area contributed by atoms with Gasteiger partial charge < -0.3 is 5.32 Å². The topological polar surface area (TPSA) is 42.0 Å². The van der Waals surface area contributed by atoms with E-state index in [1.54, 1.807) is 11.3 Å². The summed E-state index contributed by atoms with van der Waals surface area (Å²) in [5.74, 6) is 2.42. The van der Waals surface area contributed by atoms with Gasteiger partial charge in [0.15, 0.2) is 5.13 Å². The molecular formula is C17H20N2OS. The number of anilines is 1. The lowest BCUT2D eigenvalue weighted by atomic mass is 9.94. The molecular weight excluding hydrogens is 280 g/mol. The van der Waals surface area contributed by atoms with Gasteiger partial charge in [-0.3, -0.25) is 4.79 Å². The molecule has 0 atom stereocenters. The van der Waals surface area contributed by atoms with E-state index in [9.17, 15) is 4.79 Å². The van der Waals surface area contributed by atoms with Crippen molar-refractivity contribution in [2.45, 2.75) is 39.0 Å². The second-order valence-electron chi connectivity index (χ2n) is 6.53. The molecule has 110 valence electrons. The van der Waals surface area contributed by atoms with Gasteiger partial charge in [0.05, 0.1) is 10.2 Å². The Bertz CT molecular complexity index is 673. The van der Waals surface area contributed by atoms with Crippen LogP contribution in [0.5, 0.6) is 0 Å². The number of thiazole rings is 1. The van der Waals surface area contributed by atoms with Gasteiger partial charge in [0.25, 0.3) is 0 Å². The summed E-state index contributed by atoms with van der Waals surface area (Å²) in [6, 6.07) is 6.16. The largest absolute Gasteiger partial charge is 0.302 e. The lowest BCUT2D eigenvalue weighted by molar-refractivity contribution is -0.117. The molecule has 0 spiro atoms. The van der Waals surface area contributed by atoms with Gasteiger partial charge in [-0.1, -0.05) is 23.5 Å². The lowest BCUT2D eigenvalue weighted by Gasteiger charge is -2.14. The Hall–Kier alpha value is -1.42. The van der Waals surface area contributed by atoms with Crippen LogP contribution in [0.4, 0.5) is 5.13 Å². The molecule has 0 saturated heterocycles. The van der Waals surface area contributed by atoms with Crippen molar-refractivity contribution >= 4 is 32.6 Å². The molecule has 0 radical (unpaired) electrons. The number of nitrogens with zero attached hydrogens (tertiary/aromatic N) is 1. The molecule has 0 aliphatic heterocycles. The van der Waals surface area contributed by atoms with Crippen LogP contribution in [0.1, 0.15) is 37.7 Å². The van der Waals surface area contributed by atoms with Gasteiger partial charge >= 0.3 is 0 Å². The normalized spacial score (nSPS) is 18.4. The van der Waals surface area contributed by atoms with E-state index in [2.05, 4.69) is 29.4 Å². The molecule has 1 aromatic carbocycles. The average molecular weight is 300 g/mol. The minimum absolute atomic E-state index is 0.149. The van der Waals surface area contributed by atoms with Crippen molar-refractivity contribution < 1.29 is 4.79 Å². The minimum Gasteiger partial charge on any atom is -0.302 e. The van der Waals surface area contributed by atoms with E-state index in [1.807, 2.05) is 6.07 Å². The molecule has 2 saturated carbocycles. The number of hydrogen-bond acceptors (Lipinski definition) is 3. The summed E-state index contributed by atoms with van der Waals surface area (Å²) in [5, 5.41) is 3.77. The fourth-order valence-electron chi connectivity index (χ4n) is 3.29. The number of nitrogens with one attached hydrogen (secondary N) is 1. The highest BCUT2D eigenvalue weighted by atomic mass is 32.1. The molecule has 0 unspecified atom stereocenters. The second kappa shape index (κ2) is 5.09. The molecule has 3 nitrogen and oxygen atoms in total. The van der Waals surface area contributed by atoms with E-state index >= 15 is 0 Å². The number of aromatic nitrogens is 1. The number of amides is 1. The van der Waals surface area contributed by atoms with Gasteiger partial charge in [-0.25, -0.2) is 4.98 Å². The maximum atomic E-state index is 12.3. The number of benzene rings is 1. The Kier molecular flexibility index (Phi) is 3.21. The third-order valence-corrected chi connectivity index (χ3v) is 5.68. The maximum absolute atomic E-state index is 12.3. The van der Waals surface area contributed by atoms with Crippen molar-refractivity contribution in [2.75, 3.05) is 5.32 Å². The number of para-hydroxylation sites is 1. The average Bonchev–Trinajstić information content (AvgIpc) is 3.34. The first kappa shape index (κ1) is 13.3. The molecule has 2 fully saturated rings. The first-order valence-electron chi connectivity index (χ1n) is 7.87. The second-order valence-corrected chi connectivity index (χ2v) is 7.56. The van der Waals surface area contributed by atoms with Crippen LogP contribution < -0.4 is 5.32 Å². The zero-order chi connectivity index (χ0) is 14.4. The van der Waals surface area contributed by atoms with E-state index in [1.165, 1.54) is 25.7 Å². The number of fused-ring (bicyclic) bond motifs is 1. The maximum Gasteiger partial charge on any atom is 0.226 e. The van der Waals surface area contributed by atoms with E-state index in [-0.39, 0.29) is 5.91 Å². The van der Waals surface area contributed by atoms with Crippen molar-refractivity contribution in [1.29, 1.82) is 0 Å². The number of carbonyl (C=O) groups excluding carboxylic acids is 1. The smallest absolute Gasteiger partial charge is 0.226 e. The predicted octanol–water partition coefficient (Wildman–Crippen LogP) is 4.37. The van der Waals surface area contributed by atoms with Crippen molar-refractivity contribution in [1.82, 2.24) is 4.98 Å². The molecule has 21 heavy (non-hydrogen) atoms. The Morgan fingerprint density at radius 3 is 2.67 bits per heavy atom. The number of aryl methyl sites for hydroxylation is 1. The van der Waals surface area contributed by atoms with Gasteiger partial charge in [0, 0.05) is 6.42 Å². The van der Waals surface area contributed by atoms with Crippen molar-refractivity contribution in [3.8, 4) is 0 Å². The Balaban J connectivity index is 1.46. The van der Waals surface area contributed by atoms with Gasteiger partial charge in [-0.2, -0.15) is 0 Å². The van der Waals surface area contributed by atoms with Gasteiger partial charge in [-0.05, 0) is 62.0 Å². The molecule has 2 aromatic rings. The van der Waals surface area contributed by atoms with Crippen LogP contribution in [0.15, 0.2) is 18.2 Å². The zero-order valence-corrected chi connectivity index (χ0v) is 13.1. The van der Waals surface area contributed by atoms with Gasteiger partial charge in [-0.15, -0.1) is 0 Å². The van der Waals surface area contributed by atoms with Crippen LogP contribution in [0.2, 0.25) is 0 Å². The summed E-state index contributed by atoms with van der Waals surface area (Å²) < 4.78 is 1.14. The molecule has 1 N–H and O–H groups in total. The summed E-state index contributed by atoms with van der Waals surface area (Å²) >= 11 is 1.57. The number of hydrogen-bond donors (Lipinski definition) is 1. The minimum atomic E-state index is 0.149. The van der Waals surface area contributed by atoms with Crippen LogP contribution in [0.3, 0.4) is 0 Å². The Labute approximate surface area is 128 Å². The first-order valence-corrected chi connectivity index (χ1v) is 8.68. The highest BCUT2D eigenvalue weighted by Crippen LogP contribution is 2.50. The molecule has 0 bridgehead atoms. The van der Waals surface area contributed by atoms with Crippen LogP contribution in [-0.4, -0.2) is 10.9 Å². The quantitative estimate of drug-likeness (QED) is 0.891. The number of rotatable bonds is 5. The van der Waals surface area contributed by atoms with Crippen LogP contribution in [0.25, 0.3) is 10.2 Å². The van der Waals surface area contributed by atoms with E-state index in [4.69, 9.17) is 0 Å². The molecule has 1 heterocycles. The van der Waals surface area contributed by atoms with Crippen molar-refractivity contribution in [3.63, 3.8) is 0 Å². The fourth-order valence-corrected chi connectivity index (χ4v) is 4.25. The van der Waals surface area contributed by atoms with Gasteiger partial charge in [0.2, 0.25) is 5.91 Å². The van der Waals surface area contributed by atoms with E-state index in [0.717, 1.165) is 32.7 Å². The SMILES string of the molecule is Cc1cccc2sc(NC(=O)CC(C3CC3)C3CC3)nc12. The Morgan fingerprint density at radius 1 is 1.33 bits per heavy atom. The summed E-state index contributed by atoms with van der Waals surface area (Å²) in [7, 11) is 0. The monoisotopic (exact) mass is 300 g/mol. The van der Waals surface area contributed by atoms with E-state index in [0.29, 0.717) is 12.3 Å². The molecule has 2 aliphatic carbocycles. The molecule has 1 aromatic heterocycles. The Morgan fingerprint density at radius 2 is 2.05 bits per heavy atom. The van der Waals surface area contributed by atoms with Crippen LogP contribution in [0, 0.1) is 24.7 Å². The zero-order valence-electron chi connectivity index (χ0n) is 12.3. The van der Waals surface area contributed by atoms with Crippen LogP contribution >= 0.6 is 11.3 Å². The standard InChI is InChI=1S/C17H20N2OS/c1-10-3-2-4-14-16(10)19-17(21-14)18-15(20)9-13(11-5-6-11)12-7-8-12/h2-4,11-13H,5-9H2,1H3,(H,18,19,20). The highest BCUT2D eigenvalue weighted by molar-refractivity contribution is 7.22. The van der Waals surface area contributed by atoms with Crippen molar-refractivity contribution in [3.05, 3.63) is 23.8 Å². The molecule has 2 aliphatic rings. The third kappa shape index (κ3) is 2.82. The summed E-state index contributed by atoms with van der Waals surface area (Å²) in [6.45, 7) is 2.06. The highest BCUT2D eigenvalue weighted by Gasteiger charge is 2.42. The van der Waals surface area contributed by atoms with Crippen molar-refractivity contribution in [2.24, 2.45) is 17.8 Å². The first-order chi connectivity index (χ1) is 10.2. The molecule has 1 amide bonds. The van der Waals surface area contributed by atoms with Crippen LogP contribution in [-0.2, 0) is 4.79 Å².